The topological polar surface area (TPSA) is 98.5 Å². The molecular formula is C16H24Cl2N2O4S. The lowest BCUT2D eigenvalue weighted by molar-refractivity contribution is 0.0596. The van der Waals surface area contributed by atoms with Crippen LogP contribution in [0.2, 0.25) is 5.02 Å². The summed E-state index contributed by atoms with van der Waals surface area (Å²) in [6.45, 7) is 2.20. The fourth-order valence-electron chi connectivity index (χ4n) is 3.24. The third-order valence-electron chi connectivity index (χ3n) is 4.79. The van der Waals surface area contributed by atoms with Crippen LogP contribution < -0.4 is 10.5 Å². The van der Waals surface area contributed by atoms with Crippen LogP contribution in [0.5, 0.6) is 0 Å². The quantitative estimate of drug-likeness (QED) is 0.726. The number of nitrogens with two attached hydrogens (primary N) is 1. The Labute approximate surface area is 159 Å². The summed E-state index contributed by atoms with van der Waals surface area (Å²) in [7, 11) is -2.76. The van der Waals surface area contributed by atoms with Gasteiger partial charge in [0.05, 0.1) is 17.6 Å². The highest BCUT2D eigenvalue weighted by Crippen LogP contribution is 2.34. The van der Waals surface area contributed by atoms with E-state index in [0.29, 0.717) is 6.42 Å². The summed E-state index contributed by atoms with van der Waals surface area (Å²) in [5.41, 5.74) is 5.13. The van der Waals surface area contributed by atoms with Crippen molar-refractivity contribution >= 4 is 40.0 Å². The lowest BCUT2D eigenvalue weighted by Gasteiger charge is -2.42. The Hall–Kier alpha value is -0.860. The molecule has 142 valence electrons. The molecule has 0 radical (unpaired) electrons. The number of hydrogen-bond acceptors (Lipinski definition) is 5. The van der Waals surface area contributed by atoms with Crippen molar-refractivity contribution in [1.29, 1.82) is 0 Å². The van der Waals surface area contributed by atoms with E-state index in [-0.39, 0.29) is 40.4 Å². The van der Waals surface area contributed by atoms with E-state index >= 15 is 0 Å². The Morgan fingerprint density at radius 2 is 2.12 bits per heavy atom. The number of methoxy groups -OCH3 is 1. The van der Waals surface area contributed by atoms with Gasteiger partial charge in [0, 0.05) is 17.1 Å². The summed E-state index contributed by atoms with van der Waals surface area (Å²) >= 11 is 5.89. The molecule has 1 fully saturated rings. The molecule has 2 rings (SSSR count). The molecule has 2 unspecified atom stereocenters. The molecule has 25 heavy (non-hydrogen) atoms. The van der Waals surface area contributed by atoms with Crippen molar-refractivity contribution in [1.82, 2.24) is 4.72 Å². The van der Waals surface area contributed by atoms with Crippen LogP contribution >= 0.6 is 24.0 Å². The maximum Gasteiger partial charge on any atom is 0.339 e. The second-order valence-corrected chi connectivity index (χ2v) is 8.33. The molecule has 1 aromatic rings. The van der Waals surface area contributed by atoms with E-state index in [9.17, 15) is 13.2 Å². The van der Waals surface area contributed by atoms with Crippen molar-refractivity contribution in [3.05, 3.63) is 28.8 Å². The van der Waals surface area contributed by atoms with Crippen LogP contribution in [-0.2, 0) is 14.8 Å². The van der Waals surface area contributed by atoms with E-state index in [1.807, 2.05) is 6.92 Å². The van der Waals surface area contributed by atoms with E-state index < -0.39 is 21.5 Å². The minimum Gasteiger partial charge on any atom is -0.465 e. The van der Waals surface area contributed by atoms with Crippen LogP contribution in [-0.4, -0.2) is 33.6 Å². The molecule has 0 amide bonds. The second kappa shape index (κ2) is 8.68. The van der Waals surface area contributed by atoms with Gasteiger partial charge in [-0.25, -0.2) is 17.9 Å². The van der Waals surface area contributed by atoms with Crippen molar-refractivity contribution < 1.29 is 17.9 Å². The number of carbonyl (C=O) groups excluding carboxylic acids is 1. The van der Waals surface area contributed by atoms with E-state index in [4.69, 9.17) is 17.3 Å². The summed E-state index contributed by atoms with van der Waals surface area (Å²) in [4.78, 5) is 11.8. The van der Waals surface area contributed by atoms with Crippen molar-refractivity contribution in [3.63, 3.8) is 0 Å². The molecule has 2 atom stereocenters. The average Bonchev–Trinajstić information content (AvgIpc) is 2.55. The van der Waals surface area contributed by atoms with Crippen LogP contribution in [0.3, 0.4) is 0 Å². The highest BCUT2D eigenvalue weighted by molar-refractivity contribution is 7.89. The number of benzene rings is 1. The molecule has 0 aliphatic heterocycles. The number of nitrogens with one attached hydrogen (secondary N) is 1. The largest absolute Gasteiger partial charge is 0.465 e. The molecule has 3 N–H and O–H groups in total. The number of sulfonamides is 1. The van der Waals surface area contributed by atoms with Gasteiger partial charge in [-0.15, -0.1) is 12.4 Å². The number of rotatable bonds is 5. The second-order valence-electron chi connectivity index (χ2n) is 6.24. The highest BCUT2D eigenvalue weighted by atomic mass is 35.5. The smallest absolute Gasteiger partial charge is 0.339 e. The number of esters is 1. The summed E-state index contributed by atoms with van der Waals surface area (Å²) in [6, 6.07) is 4.04. The molecule has 1 aliphatic rings. The highest BCUT2D eigenvalue weighted by Gasteiger charge is 2.41. The Morgan fingerprint density at radius 3 is 2.68 bits per heavy atom. The maximum absolute atomic E-state index is 12.9. The average molecular weight is 411 g/mol. The van der Waals surface area contributed by atoms with Gasteiger partial charge < -0.3 is 10.5 Å². The summed E-state index contributed by atoms with van der Waals surface area (Å²) in [5, 5.41) is 0.258. The zero-order valence-corrected chi connectivity index (χ0v) is 16.6. The van der Waals surface area contributed by atoms with Crippen molar-refractivity contribution in [2.24, 2.45) is 11.7 Å². The van der Waals surface area contributed by atoms with E-state index in [2.05, 4.69) is 9.46 Å². The summed E-state index contributed by atoms with van der Waals surface area (Å²) in [6.07, 6.45) is 3.54. The van der Waals surface area contributed by atoms with Crippen molar-refractivity contribution in [3.8, 4) is 0 Å². The predicted octanol–water partition coefficient (Wildman–Crippen LogP) is 2.73. The third kappa shape index (κ3) is 4.65. The molecule has 0 heterocycles. The minimum absolute atomic E-state index is 0. The first kappa shape index (κ1) is 22.2. The fraction of sp³-hybridized carbons (Fsp3) is 0.562. The van der Waals surface area contributed by atoms with Crippen LogP contribution in [0.1, 0.15) is 43.0 Å². The van der Waals surface area contributed by atoms with Gasteiger partial charge in [-0.3, -0.25) is 0 Å². The number of halogens is 2. The molecule has 6 nitrogen and oxygen atoms in total. The summed E-state index contributed by atoms with van der Waals surface area (Å²) < 4.78 is 33.3. The zero-order valence-electron chi connectivity index (χ0n) is 14.2. The molecule has 0 aromatic heterocycles. The van der Waals surface area contributed by atoms with Crippen molar-refractivity contribution in [2.75, 3.05) is 13.7 Å². The standard InChI is InChI=1S/C16H23ClN2O4S.ClH/c1-11-5-3-4-8-16(11,10-18)19-24(21,22)14-7-6-12(17)9-13(14)15(20)23-2;/h6-7,9,11,19H,3-5,8,10,18H2,1-2H3;1H. The minimum atomic E-state index is -3.96. The Morgan fingerprint density at radius 1 is 1.44 bits per heavy atom. The molecule has 1 aliphatic carbocycles. The molecule has 1 aromatic carbocycles. The molecule has 0 spiro atoms. The maximum atomic E-state index is 12.9. The predicted molar refractivity (Wildman–Crippen MR) is 99.8 cm³/mol. The lowest BCUT2D eigenvalue weighted by atomic mass is 9.74. The number of hydrogen-bond donors (Lipinski definition) is 2. The van der Waals surface area contributed by atoms with Crippen molar-refractivity contribution in [2.45, 2.75) is 43.0 Å². The van der Waals surface area contributed by atoms with Gasteiger partial charge in [0.1, 0.15) is 0 Å². The molecule has 0 bridgehead atoms. The zero-order chi connectivity index (χ0) is 18.0. The monoisotopic (exact) mass is 410 g/mol. The molecule has 1 saturated carbocycles. The SMILES string of the molecule is COC(=O)c1cc(Cl)ccc1S(=O)(=O)NC1(CN)CCCCC1C.Cl. The lowest BCUT2D eigenvalue weighted by Crippen LogP contribution is -2.59. The third-order valence-corrected chi connectivity index (χ3v) is 6.64. The summed E-state index contributed by atoms with van der Waals surface area (Å²) in [5.74, 6) is -0.642. The van der Waals surface area contributed by atoms with E-state index in [1.54, 1.807) is 0 Å². The van der Waals surface area contributed by atoms with Gasteiger partial charge in [-0.2, -0.15) is 0 Å². The first-order valence-electron chi connectivity index (χ1n) is 7.87. The van der Waals surface area contributed by atoms with E-state index in [0.717, 1.165) is 19.3 Å². The number of carbonyl (C=O) groups is 1. The molecule has 9 heteroatoms. The van der Waals surface area contributed by atoms with Crippen LogP contribution in [0.4, 0.5) is 0 Å². The van der Waals surface area contributed by atoms with Gasteiger partial charge in [0.15, 0.2) is 0 Å². The van der Waals surface area contributed by atoms with Gasteiger partial charge in [0.2, 0.25) is 10.0 Å². The first-order chi connectivity index (χ1) is 11.3. The van der Waals surface area contributed by atoms with Gasteiger partial charge in [0.25, 0.3) is 0 Å². The molecular weight excluding hydrogens is 387 g/mol. The Kier molecular flexibility index (Phi) is 7.71. The van der Waals surface area contributed by atoms with Gasteiger partial charge >= 0.3 is 5.97 Å². The Bertz CT molecular complexity index is 727. The van der Waals surface area contributed by atoms with Gasteiger partial charge in [-0.1, -0.05) is 31.4 Å². The van der Waals surface area contributed by atoms with Crippen LogP contribution in [0.25, 0.3) is 0 Å². The van der Waals surface area contributed by atoms with Crippen LogP contribution in [0, 0.1) is 5.92 Å². The van der Waals surface area contributed by atoms with Gasteiger partial charge in [-0.05, 0) is 37.0 Å². The first-order valence-corrected chi connectivity index (χ1v) is 9.74. The normalized spacial score (nSPS) is 23.6. The van der Waals surface area contributed by atoms with E-state index in [1.165, 1.54) is 25.3 Å². The number of ether oxygens (including phenoxy) is 1. The molecule has 0 saturated heterocycles. The Balaban J connectivity index is 0.00000312. The fourth-order valence-corrected chi connectivity index (χ4v) is 5.12. The van der Waals surface area contributed by atoms with Crippen LogP contribution in [0.15, 0.2) is 23.1 Å².